The van der Waals surface area contributed by atoms with Crippen LogP contribution in [0.15, 0.2) is 41.1 Å². The maximum Gasteiger partial charge on any atom is 0.0817 e. The van der Waals surface area contributed by atoms with Crippen molar-refractivity contribution in [3.05, 3.63) is 46.7 Å². The van der Waals surface area contributed by atoms with Gasteiger partial charge >= 0.3 is 0 Å². The summed E-state index contributed by atoms with van der Waals surface area (Å²) < 4.78 is 0.893. The van der Waals surface area contributed by atoms with Gasteiger partial charge in [0.2, 0.25) is 0 Å². The molecular weight excluding hydrogens is 290 g/mol. The van der Waals surface area contributed by atoms with E-state index in [9.17, 15) is 0 Å². The van der Waals surface area contributed by atoms with Crippen LogP contribution in [0.25, 0.3) is 0 Å². The molecule has 0 fully saturated rings. The van der Waals surface area contributed by atoms with Crippen molar-refractivity contribution in [3.63, 3.8) is 0 Å². The van der Waals surface area contributed by atoms with Crippen molar-refractivity contribution in [2.45, 2.75) is 13.3 Å². The second-order valence-electron chi connectivity index (χ2n) is 4.14. The molecule has 94 valence electrons. The van der Waals surface area contributed by atoms with Crippen LogP contribution in [0.2, 0.25) is 0 Å². The molecule has 0 aliphatic rings. The molecule has 0 bridgehead atoms. The summed E-state index contributed by atoms with van der Waals surface area (Å²) in [5.41, 5.74) is 10.0. The molecule has 1 aromatic carbocycles. The van der Waals surface area contributed by atoms with E-state index in [1.165, 1.54) is 5.56 Å². The number of aryl methyl sites for hydroxylation is 1. The van der Waals surface area contributed by atoms with Crippen LogP contribution in [-0.2, 0) is 6.42 Å². The third kappa shape index (κ3) is 2.48. The van der Waals surface area contributed by atoms with Crippen LogP contribution in [0, 0.1) is 0 Å². The molecule has 0 aliphatic heterocycles. The van der Waals surface area contributed by atoms with E-state index in [0.29, 0.717) is 5.69 Å². The fraction of sp³-hybridized carbons (Fsp3) is 0.214. The number of halogens is 1. The summed E-state index contributed by atoms with van der Waals surface area (Å²) in [5.74, 6) is 0. The molecule has 0 saturated heterocycles. The molecular formula is C14H16BrN3. The van der Waals surface area contributed by atoms with Crippen molar-refractivity contribution in [3.8, 4) is 0 Å². The van der Waals surface area contributed by atoms with Crippen LogP contribution >= 0.6 is 15.9 Å². The van der Waals surface area contributed by atoms with Gasteiger partial charge in [-0.3, -0.25) is 4.98 Å². The first-order valence-corrected chi connectivity index (χ1v) is 6.64. The van der Waals surface area contributed by atoms with E-state index >= 15 is 0 Å². The second-order valence-corrected chi connectivity index (χ2v) is 4.99. The lowest BCUT2D eigenvalue weighted by atomic mass is 10.1. The van der Waals surface area contributed by atoms with Gasteiger partial charge in [0, 0.05) is 18.9 Å². The van der Waals surface area contributed by atoms with E-state index in [4.69, 9.17) is 5.73 Å². The Labute approximate surface area is 116 Å². The number of pyridine rings is 1. The molecule has 2 N–H and O–H groups in total. The smallest absolute Gasteiger partial charge is 0.0817 e. The average molecular weight is 306 g/mol. The molecule has 1 heterocycles. The number of rotatable bonds is 3. The standard InChI is InChI=1S/C14H16BrN3/c1-3-10-4-6-11(7-5-10)18(2)14-12(15)8-17-9-13(14)16/h4-9H,3,16H2,1-2H3. The predicted octanol–water partition coefficient (Wildman–Crippen LogP) is 3.76. The number of nitrogens with two attached hydrogens (primary N) is 1. The summed E-state index contributed by atoms with van der Waals surface area (Å²) >= 11 is 3.49. The van der Waals surface area contributed by atoms with Gasteiger partial charge in [0.15, 0.2) is 0 Å². The summed E-state index contributed by atoms with van der Waals surface area (Å²) in [7, 11) is 2.00. The molecule has 2 rings (SSSR count). The molecule has 0 saturated carbocycles. The Balaban J connectivity index is 2.38. The molecule has 0 atom stereocenters. The lowest BCUT2D eigenvalue weighted by molar-refractivity contribution is 1.13. The maximum atomic E-state index is 5.98. The summed E-state index contributed by atoms with van der Waals surface area (Å²) in [6.07, 6.45) is 4.46. The fourth-order valence-electron chi connectivity index (χ4n) is 1.88. The molecule has 3 nitrogen and oxygen atoms in total. The Morgan fingerprint density at radius 3 is 2.44 bits per heavy atom. The van der Waals surface area contributed by atoms with E-state index in [-0.39, 0.29) is 0 Å². The van der Waals surface area contributed by atoms with Crippen molar-refractivity contribution in [1.29, 1.82) is 0 Å². The van der Waals surface area contributed by atoms with Crippen molar-refractivity contribution in [2.75, 3.05) is 17.7 Å². The number of nitrogens with zero attached hydrogens (tertiary/aromatic N) is 2. The van der Waals surface area contributed by atoms with Crippen molar-refractivity contribution in [1.82, 2.24) is 4.98 Å². The minimum Gasteiger partial charge on any atom is -0.396 e. The van der Waals surface area contributed by atoms with E-state index in [1.54, 1.807) is 12.4 Å². The maximum absolute atomic E-state index is 5.98. The van der Waals surface area contributed by atoms with E-state index in [2.05, 4.69) is 57.0 Å². The normalized spacial score (nSPS) is 10.4. The van der Waals surface area contributed by atoms with Crippen molar-refractivity contribution in [2.24, 2.45) is 0 Å². The molecule has 0 unspecified atom stereocenters. The van der Waals surface area contributed by atoms with Gasteiger partial charge in [0.05, 0.1) is 22.0 Å². The largest absolute Gasteiger partial charge is 0.396 e. The van der Waals surface area contributed by atoms with Crippen molar-refractivity contribution < 1.29 is 0 Å². The lowest BCUT2D eigenvalue weighted by Crippen LogP contribution is -2.12. The predicted molar refractivity (Wildman–Crippen MR) is 80.2 cm³/mol. The van der Waals surface area contributed by atoms with Gasteiger partial charge in [-0.2, -0.15) is 0 Å². The second kappa shape index (κ2) is 5.40. The number of hydrogen-bond acceptors (Lipinski definition) is 3. The van der Waals surface area contributed by atoms with Crippen LogP contribution < -0.4 is 10.6 Å². The number of aromatic nitrogens is 1. The minimum atomic E-state index is 0.659. The van der Waals surface area contributed by atoms with Crippen LogP contribution in [0.4, 0.5) is 17.1 Å². The molecule has 4 heteroatoms. The highest BCUT2D eigenvalue weighted by Crippen LogP contribution is 2.34. The van der Waals surface area contributed by atoms with Gasteiger partial charge in [-0.25, -0.2) is 0 Å². The van der Waals surface area contributed by atoms with Crippen LogP contribution in [0.1, 0.15) is 12.5 Å². The number of hydrogen-bond donors (Lipinski definition) is 1. The van der Waals surface area contributed by atoms with Crippen molar-refractivity contribution >= 4 is 33.0 Å². The topological polar surface area (TPSA) is 42.1 Å². The van der Waals surface area contributed by atoms with Crippen LogP contribution in [0.5, 0.6) is 0 Å². The monoisotopic (exact) mass is 305 g/mol. The first kappa shape index (κ1) is 12.9. The van der Waals surface area contributed by atoms with E-state index < -0.39 is 0 Å². The third-order valence-electron chi connectivity index (χ3n) is 2.97. The molecule has 0 spiro atoms. The first-order valence-electron chi connectivity index (χ1n) is 5.85. The summed E-state index contributed by atoms with van der Waals surface area (Å²) in [4.78, 5) is 6.11. The molecule has 1 aromatic heterocycles. The van der Waals surface area contributed by atoms with Gasteiger partial charge in [-0.1, -0.05) is 19.1 Å². The number of anilines is 3. The van der Waals surface area contributed by atoms with Gasteiger partial charge in [-0.15, -0.1) is 0 Å². The summed E-state index contributed by atoms with van der Waals surface area (Å²) in [5, 5.41) is 0. The molecule has 0 aliphatic carbocycles. The zero-order chi connectivity index (χ0) is 13.1. The fourth-order valence-corrected chi connectivity index (χ4v) is 2.49. The number of nitrogen functional groups attached to an aromatic ring is 1. The van der Waals surface area contributed by atoms with Gasteiger partial charge < -0.3 is 10.6 Å². The minimum absolute atomic E-state index is 0.659. The van der Waals surface area contributed by atoms with Gasteiger partial charge in [0.1, 0.15) is 0 Å². The molecule has 0 amide bonds. The Morgan fingerprint density at radius 2 is 1.89 bits per heavy atom. The van der Waals surface area contributed by atoms with Gasteiger partial charge in [0.25, 0.3) is 0 Å². The van der Waals surface area contributed by atoms with Crippen LogP contribution in [0.3, 0.4) is 0 Å². The zero-order valence-electron chi connectivity index (χ0n) is 10.5. The highest BCUT2D eigenvalue weighted by Gasteiger charge is 2.11. The molecule has 18 heavy (non-hydrogen) atoms. The quantitative estimate of drug-likeness (QED) is 0.939. The highest BCUT2D eigenvalue weighted by molar-refractivity contribution is 9.10. The lowest BCUT2D eigenvalue weighted by Gasteiger charge is -2.22. The third-order valence-corrected chi connectivity index (χ3v) is 3.55. The Kier molecular flexibility index (Phi) is 3.87. The SMILES string of the molecule is CCc1ccc(N(C)c2c(N)cncc2Br)cc1. The summed E-state index contributed by atoms with van der Waals surface area (Å²) in [6.45, 7) is 2.15. The number of benzene rings is 1. The Morgan fingerprint density at radius 1 is 1.22 bits per heavy atom. The van der Waals surface area contributed by atoms with E-state index in [1.807, 2.05) is 7.05 Å². The highest BCUT2D eigenvalue weighted by atomic mass is 79.9. The molecule has 0 radical (unpaired) electrons. The van der Waals surface area contributed by atoms with Crippen LogP contribution in [-0.4, -0.2) is 12.0 Å². The van der Waals surface area contributed by atoms with Gasteiger partial charge in [-0.05, 0) is 40.0 Å². The average Bonchev–Trinajstić information content (AvgIpc) is 2.38. The first-order chi connectivity index (χ1) is 8.63. The van der Waals surface area contributed by atoms with E-state index in [0.717, 1.165) is 22.3 Å². The molecule has 2 aromatic rings. The Bertz CT molecular complexity index is 517. The Hall–Kier alpha value is -1.55. The summed E-state index contributed by atoms with van der Waals surface area (Å²) in [6, 6.07) is 8.48. The zero-order valence-corrected chi connectivity index (χ0v) is 12.1.